The first kappa shape index (κ1) is 14.9. The van der Waals surface area contributed by atoms with Crippen LogP contribution in [0.4, 0.5) is 0 Å². The summed E-state index contributed by atoms with van der Waals surface area (Å²) < 4.78 is 0. The molecular formula is C12H27NO2. The highest BCUT2D eigenvalue weighted by Crippen LogP contribution is 2.03. The molecule has 2 N–H and O–H groups in total. The van der Waals surface area contributed by atoms with Gasteiger partial charge in [-0.2, -0.15) is 0 Å². The van der Waals surface area contributed by atoms with Gasteiger partial charge < -0.3 is 10.2 Å². The van der Waals surface area contributed by atoms with E-state index in [1.54, 1.807) is 13.8 Å². The Morgan fingerprint density at radius 1 is 0.933 bits per heavy atom. The molecule has 92 valence electrons. The zero-order valence-corrected chi connectivity index (χ0v) is 10.4. The Morgan fingerprint density at radius 3 is 1.87 bits per heavy atom. The number of unbranched alkanes of at least 4 members (excludes halogenated alkanes) is 3. The Kier molecular flexibility index (Phi) is 9.06. The van der Waals surface area contributed by atoms with E-state index in [-0.39, 0.29) is 12.2 Å². The molecule has 3 nitrogen and oxygen atoms in total. The van der Waals surface area contributed by atoms with Gasteiger partial charge in [0.1, 0.15) is 0 Å². The van der Waals surface area contributed by atoms with E-state index < -0.39 is 0 Å². The molecule has 0 aliphatic rings. The molecule has 0 rings (SSSR count). The number of aliphatic hydroxyl groups is 2. The molecule has 0 aromatic rings. The monoisotopic (exact) mass is 217 g/mol. The van der Waals surface area contributed by atoms with Crippen LogP contribution in [0.2, 0.25) is 0 Å². The molecule has 0 aromatic carbocycles. The summed E-state index contributed by atoms with van der Waals surface area (Å²) in [5.41, 5.74) is 0. The van der Waals surface area contributed by atoms with Gasteiger partial charge >= 0.3 is 0 Å². The zero-order chi connectivity index (χ0) is 11.7. The highest BCUT2D eigenvalue weighted by Gasteiger charge is 2.10. The maximum absolute atomic E-state index is 9.32. The molecule has 0 amide bonds. The number of hydrogen-bond acceptors (Lipinski definition) is 3. The second-order valence-electron chi connectivity index (χ2n) is 4.52. The average Bonchev–Trinajstić information content (AvgIpc) is 2.10. The van der Waals surface area contributed by atoms with E-state index in [1.807, 2.05) is 0 Å². The molecule has 0 radical (unpaired) electrons. The third-order valence-electron chi connectivity index (χ3n) is 2.37. The summed E-state index contributed by atoms with van der Waals surface area (Å²) >= 11 is 0. The Morgan fingerprint density at radius 2 is 1.47 bits per heavy atom. The van der Waals surface area contributed by atoms with Gasteiger partial charge in [0.05, 0.1) is 12.2 Å². The normalized spacial score (nSPS) is 15.6. The fourth-order valence-corrected chi connectivity index (χ4v) is 1.77. The first-order valence-corrected chi connectivity index (χ1v) is 6.14. The van der Waals surface area contributed by atoms with Gasteiger partial charge in [0.2, 0.25) is 0 Å². The van der Waals surface area contributed by atoms with Crippen LogP contribution in [0.5, 0.6) is 0 Å². The molecule has 0 aliphatic heterocycles. The minimum Gasteiger partial charge on any atom is -0.392 e. The Balaban J connectivity index is 3.69. The fourth-order valence-electron chi connectivity index (χ4n) is 1.77. The van der Waals surface area contributed by atoms with Crippen molar-refractivity contribution in [1.82, 2.24) is 4.90 Å². The minimum atomic E-state index is -0.310. The summed E-state index contributed by atoms with van der Waals surface area (Å²) in [6, 6.07) is 0. The maximum Gasteiger partial charge on any atom is 0.0639 e. The second kappa shape index (κ2) is 9.13. The molecule has 0 saturated heterocycles. The Bertz CT molecular complexity index is 128. The highest BCUT2D eigenvalue weighted by molar-refractivity contribution is 4.64. The van der Waals surface area contributed by atoms with E-state index in [1.165, 1.54) is 19.3 Å². The largest absolute Gasteiger partial charge is 0.392 e. The number of nitrogens with zero attached hydrogens (tertiary/aromatic N) is 1. The molecule has 0 spiro atoms. The van der Waals surface area contributed by atoms with Crippen molar-refractivity contribution >= 4 is 0 Å². The molecule has 15 heavy (non-hydrogen) atoms. The van der Waals surface area contributed by atoms with E-state index in [0.29, 0.717) is 13.1 Å². The van der Waals surface area contributed by atoms with Gasteiger partial charge in [0, 0.05) is 13.1 Å². The van der Waals surface area contributed by atoms with Crippen LogP contribution < -0.4 is 0 Å². The van der Waals surface area contributed by atoms with Crippen molar-refractivity contribution in [3.8, 4) is 0 Å². The lowest BCUT2D eigenvalue weighted by Gasteiger charge is -2.24. The summed E-state index contributed by atoms with van der Waals surface area (Å²) in [5, 5.41) is 18.6. The molecule has 0 bridgehead atoms. The molecule has 0 aromatic heterocycles. The summed E-state index contributed by atoms with van der Waals surface area (Å²) in [6.45, 7) is 8.09. The van der Waals surface area contributed by atoms with E-state index >= 15 is 0 Å². The van der Waals surface area contributed by atoms with Crippen molar-refractivity contribution in [3.63, 3.8) is 0 Å². The molecule has 0 heterocycles. The van der Waals surface area contributed by atoms with Crippen LogP contribution >= 0.6 is 0 Å². The zero-order valence-electron chi connectivity index (χ0n) is 10.4. The Labute approximate surface area is 94.1 Å². The first-order valence-electron chi connectivity index (χ1n) is 6.14. The van der Waals surface area contributed by atoms with Gasteiger partial charge in [-0.1, -0.05) is 26.2 Å². The predicted octanol–water partition coefficient (Wildman–Crippen LogP) is 1.63. The third kappa shape index (κ3) is 10.2. The molecule has 0 unspecified atom stereocenters. The topological polar surface area (TPSA) is 43.7 Å². The molecule has 0 fully saturated rings. The van der Waals surface area contributed by atoms with Gasteiger partial charge in [-0.25, -0.2) is 0 Å². The fraction of sp³-hybridized carbons (Fsp3) is 1.00. The molecule has 0 saturated carbocycles. The van der Waals surface area contributed by atoms with Crippen LogP contribution in [0.1, 0.15) is 46.5 Å². The first-order chi connectivity index (χ1) is 7.06. The smallest absolute Gasteiger partial charge is 0.0639 e. The standard InChI is InChI=1S/C12H27NO2/c1-4-5-6-7-8-13(9-11(2)14)10-12(3)15/h11-12,14-15H,4-10H2,1-3H3/t11-,12-/m1/s1. The van der Waals surface area contributed by atoms with E-state index in [0.717, 1.165) is 13.0 Å². The van der Waals surface area contributed by atoms with Crippen LogP contribution in [-0.4, -0.2) is 47.0 Å². The van der Waals surface area contributed by atoms with E-state index in [2.05, 4.69) is 11.8 Å². The van der Waals surface area contributed by atoms with Gasteiger partial charge in [-0.3, -0.25) is 4.90 Å². The van der Waals surface area contributed by atoms with Crippen molar-refractivity contribution in [2.45, 2.75) is 58.7 Å². The van der Waals surface area contributed by atoms with Crippen molar-refractivity contribution in [3.05, 3.63) is 0 Å². The number of rotatable bonds is 9. The van der Waals surface area contributed by atoms with Crippen molar-refractivity contribution in [2.24, 2.45) is 0 Å². The Hall–Kier alpha value is -0.120. The van der Waals surface area contributed by atoms with Crippen LogP contribution in [0.3, 0.4) is 0 Å². The summed E-state index contributed by atoms with van der Waals surface area (Å²) in [5.74, 6) is 0. The van der Waals surface area contributed by atoms with Crippen molar-refractivity contribution in [1.29, 1.82) is 0 Å². The molecule has 3 heteroatoms. The summed E-state index contributed by atoms with van der Waals surface area (Å²) in [4.78, 5) is 2.14. The van der Waals surface area contributed by atoms with Gasteiger partial charge in [-0.15, -0.1) is 0 Å². The van der Waals surface area contributed by atoms with Crippen molar-refractivity contribution in [2.75, 3.05) is 19.6 Å². The maximum atomic E-state index is 9.32. The van der Waals surface area contributed by atoms with E-state index in [9.17, 15) is 10.2 Å². The van der Waals surface area contributed by atoms with Crippen LogP contribution in [0.25, 0.3) is 0 Å². The number of aliphatic hydroxyl groups excluding tert-OH is 2. The van der Waals surface area contributed by atoms with Crippen molar-refractivity contribution < 1.29 is 10.2 Å². The lowest BCUT2D eigenvalue weighted by atomic mass is 10.2. The van der Waals surface area contributed by atoms with Crippen LogP contribution in [-0.2, 0) is 0 Å². The third-order valence-corrected chi connectivity index (χ3v) is 2.37. The lowest BCUT2D eigenvalue weighted by molar-refractivity contribution is 0.0825. The summed E-state index contributed by atoms with van der Waals surface area (Å²) in [7, 11) is 0. The molecule has 2 atom stereocenters. The van der Waals surface area contributed by atoms with Crippen LogP contribution in [0, 0.1) is 0 Å². The van der Waals surface area contributed by atoms with E-state index in [4.69, 9.17) is 0 Å². The quantitative estimate of drug-likeness (QED) is 0.577. The second-order valence-corrected chi connectivity index (χ2v) is 4.52. The summed E-state index contributed by atoms with van der Waals surface area (Å²) in [6.07, 6.45) is 4.30. The predicted molar refractivity (Wildman–Crippen MR) is 63.9 cm³/mol. The highest BCUT2D eigenvalue weighted by atomic mass is 16.3. The minimum absolute atomic E-state index is 0.310. The molecular weight excluding hydrogens is 190 g/mol. The average molecular weight is 217 g/mol. The number of hydrogen-bond donors (Lipinski definition) is 2. The van der Waals surface area contributed by atoms with Crippen LogP contribution in [0.15, 0.2) is 0 Å². The van der Waals surface area contributed by atoms with Gasteiger partial charge in [0.25, 0.3) is 0 Å². The molecule has 0 aliphatic carbocycles. The van der Waals surface area contributed by atoms with Gasteiger partial charge in [-0.05, 0) is 26.8 Å². The lowest BCUT2D eigenvalue weighted by Crippen LogP contribution is -2.36. The van der Waals surface area contributed by atoms with Gasteiger partial charge in [0.15, 0.2) is 0 Å². The SMILES string of the molecule is CCCCCCN(C[C@@H](C)O)C[C@@H](C)O.